The highest BCUT2D eigenvalue weighted by Crippen LogP contribution is 2.17. The van der Waals surface area contributed by atoms with E-state index in [1.807, 2.05) is 0 Å². The lowest BCUT2D eigenvalue weighted by Gasteiger charge is -2.28. The van der Waals surface area contributed by atoms with Gasteiger partial charge in [0, 0.05) is 5.54 Å². The van der Waals surface area contributed by atoms with Gasteiger partial charge in [-0.2, -0.15) is 0 Å². The molecule has 84 valence electrons. The van der Waals surface area contributed by atoms with E-state index in [0.717, 1.165) is 19.3 Å². The molecule has 0 aliphatic heterocycles. The number of rotatable bonds is 5. The second kappa shape index (κ2) is 5.01. The molecule has 0 fully saturated rings. The van der Waals surface area contributed by atoms with E-state index < -0.39 is 0 Å². The summed E-state index contributed by atoms with van der Waals surface area (Å²) in [4.78, 5) is 11.8. The first-order valence-electron chi connectivity index (χ1n) is 5.47. The van der Waals surface area contributed by atoms with Crippen LogP contribution in [-0.4, -0.2) is 11.4 Å². The molecule has 0 spiro atoms. The zero-order chi connectivity index (χ0) is 11.3. The molecule has 0 aromatic carbocycles. The number of carbonyl (C=O) groups is 1. The van der Waals surface area contributed by atoms with Crippen LogP contribution in [0.4, 0.5) is 0 Å². The predicted molar refractivity (Wildman–Crippen MR) is 59.8 cm³/mol. The summed E-state index contributed by atoms with van der Waals surface area (Å²) in [6.45, 7) is 6.27. The number of hydrogen-bond donors (Lipinski definition) is 1. The van der Waals surface area contributed by atoms with Gasteiger partial charge in [-0.15, -0.1) is 0 Å². The number of amides is 1. The molecule has 1 atom stereocenters. The van der Waals surface area contributed by atoms with Crippen molar-refractivity contribution in [3.8, 4) is 0 Å². The van der Waals surface area contributed by atoms with Gasteiger partial charge in [0.25, 0.3) is 5.91 Å². The summed E-state index contributed by atoms with van der Waals surface area (Å²) in [6.07, 6.45) is 4.48. The molecule has 3 heteroatoms. The molecule has 0 aliphatic carbocycles. The molecule has 1 N–H and O–H groups in total. The maximum Gasteiger partial charge on any atom is 0.287 e. The third-order valence-corrected chi connectivity index (χ3v) is 2.74. The average Bonchev–Trinajstić information content (AvgIpc) is 2.71. The fraction of sp³-hybridized carbons (Fsp3) is 0.583. The van der Waals surface area contributed by atoms with E-state index in [2.05, 4.69) is 26.1 Å². The van der Waals surface area contributed by atoms with E-state index in [0.29, 0.717) is 5.76 Å². The highest BCUT2D eigenvalue weighted by atomic mass is 16.3. The van der Waals surface area contributed by atoms with Crippen LogP contribution in [0.2, 0.25) is 0 Å². The lowest BCUT2D eigenvalue weighted by atomic mass is 9.93. The minimum Gasteiger partial charge on any atom is -0.459 e. The molecule has 0 aliphatic rings. The highest BCUT2D eigenvalue weighted by molar-refractivity contribution is 5.91. The van der Waals surface area contributed by atoms with Crippen LogP contribution >= 0.6 is 0 Å². The standard InChI is InChI=1S/C12H19NO2/c1-4-8-12(3,5-2)13-11(14)10-7-6-9-15-10/h6-7,9H,4-5,8H2,1-3H3,(H,13,14). The van der Waals surface area contributed by atoms with Gasteiger partial charge in [0.05, 0.1) is 6.26 Å². The quantitative estimate of drug-likeness (QED) is 0.810. The van der Waals surface area contributed by atoms with Crippen LogP contribution in [0.3, 0.4) is 0 Å². The summed E-state index contributed by atoms with van der Waals surface area (Å²) in [5, 5.41) is 3.01. The Bertz CT molecular complexity index is 305. The first-order chi connectivity index (χ1) is 7.11. The number of hydrogen-bond acceptors (Lipinski definition) is 2. The second-order valence-corrected chi connectivity index (χ2v) is 4.10. The van der Waals surface area contributed by atoms with Gasteiger partial charge >= 0.3 is 0 Å². The van der Waals surface area contributed by atoms with Crippen LogP contribution in [0.1, 0.15) is 50.6 Å². The van der Waals surface area contributed by atoms with Crippen molar-refractivity contribution in [1.29, 1.82) is 0 Å². The zero-order valence-corrected chi connectivity index (χ0v) is 9.67. The topological polar surface area (TPSA) is 42.2 Å². The van der Waals surface area contributed by atoms with Crippen molar-refractivity contribution in [2.75, 3.05) is 0 Å². The van der Waals surface area contributed by atoms with E-state index in [4.69, 9.17) is 4.42 Å². The average molecular weight is 209 g/mol. The predicted octanol–water partition coefficient (Wildman–Crippen LogP) is 2.98. The van der Waals surface area contributed by atoms with E-state index in [1.54, 1.807) is 12.1 Å². The first kappa shape index (κ1) is 11.8. The monoisotopic (exact) mass is 209 g/mol. The molecule has 1 heterocycles. The van der Waals surface area contributed by atoms with Crippen LogP contribution in [0.5, 0.6) is 0 Å². The Kier molecular flexibility index (Phi) is 3.95. The van der Waals surface area contributed by atoms with Crippen molar-refractivity contribution in [2.24, 2.45) is 0 Å². The summed E-state index contributed by atoms with van der Waals surface area (Å²) in [7, 11) is 0. The fourth-order valence-electron chi connectivity index (χ4n) is 1.62. The van der Waals surface area contributed by atoms with Gasteiger partial charge in [-0.1, -0.05) is 20.3 Å². The lowest BCUT2D eigenvalue weighted by Crippen LogP contribution is -2.45. The largest absolute Gasteiger partial charge is 0.459 e. The van der Waals surface area contributed by atoms with Gasteiger partial charge in [0.1, 0.15) is 0 Å². The fourth-order valence-corrected chi connectivity index (χ4v) is 1.62. The van der Waals surface area contributed by atoms with Crippen molar-refractivity contribution in [3.05, 3.63) is 24.2 Å². The third kappa shape index (κ3) is 3.11. The second-order valence-electron chi connectivity index (χ2n) is 4.10. The minimum atomic E-state index is -0.127. The summed E-state index contributed by atoms with van der Waals surface area (Å²) in [5.41, 5.74) is -0.126. The zero-order valence-electron chi connectivity index (χ0n) is 9.67. The number of furan rings is 1. The van der Waals surface area contributed by atoms with E-state index >= 15 is 0 Å². The van der Waals surface area contributed by atoms with Gasteiger partial charge < -0.3 is 9.73 Å². The van der Waals surface area contributed by atoms with Crippen molar-refractivity contribution >= 4 is 5.91 Å². The van der Waals surface area contributed by atoms with Crippen LogP contribution in [-0.2, 0) is 0 Å². The molecule has 1 unspecified atom stereocenters. The van der Waals surface area contributed by atoms with Gasteiger partial charge in [-0.05, 0) is 31.9 Å². The van der Waals surface area contributed by atoms with Crippen LogP contribution in [0.25, 0.3) is 0 Å². The lowest BCUT2D eigenvalue weighted by molar-refractivity contribution is 0.0869. The molecule has 1 aromatic rings. The van der Waals surface area contributed by atoms with Crippen molar-refractivity contribution < 1.29 is 9.21 Å². The maximum absolute atomic E-state index is 11.8. The molecule has 1 amide bonds. The Morgan fingerprint density at radius 2 is 2.27 bits per heavy atom. The third-order valence-electron chi connectivity index (χ3n) is 2.74. The molecule has 15 heavy (non-hydrogen) atoms. The minimum absolute atomic E-state index is 0.126. The summed E-state index contributed by atoms with van der Waals surface area (Å²) < 4.78 is 5.05. The molecule has 0 saturated heterocycles. The summed E-state index contributed by atoms with van der Waals surface area (Å²) in [5.74, 6) is 0.253. The number of nitrogens with one attached hydrogen (secondary N) is 1. The van der Waals surface area contributed by atoms with E-state index in [9.17, 15) is 4.79 Å². The number of carbonyl (C=O) groups excluding carboxylic acids is 1. The Labute approximate surface area is 90.9 Å². The molecule has 0 saturated carbocycles. The van der Waals surface area contributed by atoms with Crippen LogP contribution in [0.15, 0.2) is 22.8 Å². The summed E-state index contributed by atoms with van der Waals surface area (Å²) in [6, 6.07) is 3.40. The van der Waals surface area contributed by atoms with Crippen molar-refractivity contribution in [3.63, 3.8) is 0 Å². The molecular weight excluding hydrogens is 190 g/mol. The van der Waals surface area contributed by atoms with Gasteiger partial charge in [0.15, 0.2) is 5.76 Å². The molecular formula is C12H19NO2. The molecule has 1 aromatic heterocycles. The van der Waals surface area contributed by atoms with E-state index in [-0.39, 0.29) is 11.4 Å². The normalized spacial score (nSPS) is 14.6. The SMILES string of the molecule is CCCC(C)(CC)NC(=O)c1ccco1. The Morgan fingerprint density at radius 3 is 2.73 bits per heavy atom. The molecule has 1 rings (SSSR count). The van der Waals surface area contributed by atoms with Gasteiger partial charge in [-0.3, -0.25) is 4.79 Å². The van der Waals surface area contributed by atoms with Gasteiger partial charge in [-0.25, -0.2) is 0 Å². The smallest absolute Gasteiger partial charge is 0.287 e. The summed E-state index contributed by atoms with van der Waals surface area (Å²) >= 11 is 0. The molecule has 3 nitrogen and oxygen atoms in total. The Hall–Kier alpha value is -1.25. The highest BCUT2D eigenvalue weighted by Gasteiger charge is 2.24. The van der Waals surface area contributed by atoms with Crippen molar-refractivity contribution in [1.82, 2.24) is 5.32 Å². The van der Waals surface area contributed by atoms with Crippen molar-refractivity contribution in [2.45, 2.75) is 45.6 Å². The van der Waals surface area contributed by atoms with Crippen LogP contribution < -0.4 is 5.32 Å². The van der Waals surface area contributed by atoms with Crippen LogP contribution in [0, 0.1) is 0 Å². The first-order valence-corrected chi connectivity index (χ1v) is 5.47. The molecule has 0 radical (unpaired) electrons. The Morgan fingerprint density at radius 1 is 1.53 bits per heavy atom. The maximum atomic E-state index is 11.8. The van der Waals surface area contributed by atoms with E-state index in [1.165, 1.54) is 6.26 Å². The molecule has 0 bridgehead atoms. The van der Waals surface area contributed by atoms with Gasteiger partial charge in [0.2, 0.25) is 0 Å². The Balaban J connectivity index is 2.63.